The number of thiophene rings is 1. The molecule has 10 heteroatoms. The number of carboxylic acid groups (broad SMARTS) is 1. The molecular weight excluding hydrogens is 386 g/mol. The molecule has 1 aliphatic heterocycles. The molecule has 1 atom stereocenters. The minimum atomic E-state index is -3.80. The van der Waals surface area contributed by atoms with Crippen LogP contribution in [0.3, 0.4) is 0 Å². The molecule has 0 spiro atoms. The molecule has 2 rings (SSSR count). The number of carboxylic acids is 1. The molecule has 5 nitrogen and oxygen atoms in total. The molecule has 0 radical (unpaired) electrons. The Labute approximate surface area is 125 Å². The maximum absolute atomic E-state index is 12.3. The lowest BCUT2D eigenvalue weighted by Gasteiger charge is -2.18. The van der Waals surface area contributed by atoms with E-state index in [1.54, 1.807) is 0 Å². The Hall–Kier alpha value is 0.200. The number of aliphatic carboxylic acids is 1. The molecule has 100 valence electrons. The van der Waals surface area contributed by atoms with Crippen LogP contribution in [0, 0.1) is 0 Å². The Balaban J connectivity index is 2.39. The molecule has 0 aromatic carbocycles. The molecule has 1 saturated heterocycles. The fraction of sp³-hybridized carbons (Fsp3) is 0.375. The summed E-state index contributed by atoms with van der Waals surface area (Å²) in [5.74, 6) is -0.730. The van der Waals surface area contributed by atoms with Gasteiger partial charge in [-0.2, -0.15) is 4.31 Å². The number of thioether (sulfide) groups is 1. The van der Waals surface area contributed by atoms with Gasteiger partial charge >= 0.3 is 5.97 Å². The average Bonchev–Trinajstić information content (AvgIpc) is 2.87. The maximum Gasteiger partial charge on any atom is 0.322 e. The molecule has 1 fully saturated rings. The first-order chi connectivity index (χ1) is 8.34. The topological polar surface area (TPSA) is 74.7 Å². The van der Waals surface area contributed by atoms with Crippen LogP contribution in [0.4, 0.5) is 0 Å². The van der Waals surface area contributed by atoms with Gasteiger partial charge in [0, 0.05) is 5.75 Å². The third kappa shape index (κ3) is 2.56. The number of rotatable bonds is 3. The van der Waals surface area contributed by atoms with Gasteiger partial charge in [-0.15, -0.1) is 23.1 Å². The van der Waals surface area contributed by atoms with Gasteiger partial charge in [-0.1, -0.05) is 11.6 Å². The van der Waals surface area contributed by atoms with Crippen molar-refractivity contribution in [3.63, 3.8) is 0 Å². The van der Waals surface area contributed by atoms with Crippen molar-refractivity contribution in [3.05, 3.63) is 14.9 Å². The highest BCUT2D eigenvalue weighted by atomic mass is 79.9. The Bertz CT molecular complexity index is 568. The summed E-state index contributed by atoms with van der Waals surface area (Å²) in [4.78, 5) is 11.0. The fourth-order valence-corrected chi connectivity index (χ4v) is 7.09. The van der Waals surface area contributed by atoms with Gasteiger partial charge in [0.2, 0.25) is 0 Å². The molecule has 1 aromatic heterocycles. The highest BCUT2D eigenvalue weighted by molar-refractivity contribution is 9.11. The number of sulfonamides is 1. The van der Waals surface area contributed by atoms with Crippen LogP contribution in [0.15, 0.2) is 14.1 Å². The molecule has 0 amide bonds. The lowest BCUT2D eigenvalue weighted by Crippen LogP contribution is -2.41. The zero-order valence-electron chi connectivity index (χ0n) is 8.67. The monoisotopic (exact) mass is 391 g/mol. The zero-order valence-corrected chi connectivity index (χ0v) is 13.5. The smallest absolute Gasteiger partial charge is 0.322 e. The third-order valence-corrected chi connectivity index (χ3v) is 8.27. The molecule has 2 heterocycles. The summed E-state index contributed by atoms with van der Waals surface area (Å²) in [5, 5.41) is 9.31. The lowest BCUT2D eigenvalue weighted by atomic mass is 10.4. The van der Waals surface area contributed by atoms with E-state index in [1.165, 1.54) is 17.8 Å². The highest BCUT2D eigenvalue weighted by Gasteiger charge is 2.40. The quantitative estimate of drug-likeness (QED) is 0.854. The van der Waals surface area contributed by atoms with Crippen molar-refractivity contribution >= 4 is 66.6 Å². The van der Waals surface area contributed by atoms with Crippen molar-refractivity contribution in [2.24, 2.45) is 0 Å². The van der Waals surface area contributed by atoms with Gasteiger partial charge in [0.1, 0.15) is 10.3 Å². The van der Waals surface area contributed by atoms with Gasteiger partial charge in [-0.25, -0.2) is 8.42 Å². The maximum atomic E-state index is 12.3. The van der Waals surface area contributed by atoms with Gasteiger partial charge in [0.15, 0.2) is 0 Å². The third-order valence-electron chi connectivity index (χ3n) is 2.31. The predicted molar refractivity (Wildman–Crippen MR) is 74.8 cm³/mol. The number of nitrogens with zero attached hydrogens (tertiary/aromatic N) is 1. The lowest BCUT2D eigenvalue weighted by molar-refractivity contribution is -0.140. The predicted octanol–water partition coefficient (Wildman–Crippen LogP) is 2.31. The minimum absolute atomic E-state index is 0.0492. The van der Waals surface area contributed by atoms with Gasteiger partial charge in [0.05, 0.1) is 14.7 Å². The summed E-state index contributed by atoms with van der Waals surface area (Å²) in [7, 11) is -3.80. The average molecular weight is 393 g/mol. The Morgan fingerprint density at radius 2 is 2.28 bits per heavy atom. The molecule has 0 bridgehead atoms. The van der Waals surface area contributed by atoms with Crippen molar-refractivity contribution in [2.45, 2.75) is 10.3 Å². The summed E-state index contributed by atoms with van der Waals surface area (Å²) in [6.45, 7) is 0. The number of carbonyl (C=O) groups is 1. The Kier molecular flexibility index (Phi) is 4.30. The summed E-state index contributed by atoms with van der Waals surface area (Å²) in [5.41, 5.74) is 0. The summed E-state index contributed by atoms with van der Waals surface area (Å²) >= 11 is 11.2. The van der Waals surface area contributed by atoms with Crippen LogP contribution >= 0.6 is 50.6 Å². The van der Waals surface area contributed by atoms with E-state index in [4.69, 9.17) is 16.7 Å². The van der Waals surface area contributed by atoms with Crippen LogP contribution in [-0.2, 0) is 14.8 Å². The second-order valence-corrected chi connectivity index (χ2v) is 9.33. The molecule has 18 heavy (non-hydrogen) atoms. The fourth-order valence-electron chi connectivity index (χ4n) is 1.43. The van der Waals surface area contributed by atoms with Crippen LogP contribution in [0.5, 0.6) is 0 Å². The SMILES string of the molecule is O=C(O)C1CSCN1S(=O)(=O)c1cc(Cl)c(Br)s1. The van der Waals surface area contributed by atoms with Crippen molar-refractivity contribution < 1.29 is 18.3 Å². The summed E-state index contributed by atoms with van der Waals surface area (Å²) in [6.07, 6.45) is 0. The highest BCUT2D eigenvalue weighted by Crippen LogP contribution is 2.38. The first-order valence-electron chi connectivity index (χ1n) is 4.61. The molecule has 1 unspecified atom stereocenters. The molecule has 0 saturated carbocycles. The van der Waals surface area contributed by atoms with E-state index in [2.05, 4.69) is 15.9 Å². The number of hydrogen-bond acceptors (Lipinski definition) is 5. The standard InChI is InChI=1S/C8H7BrClNO4S3/c9-7-4(10)1-6(17-7)18(14,15)11-3-16-2-5(11)8(12)13/h1,5H,2-3H2,(H,12,13). The number of hydrogen-bond donors (Lipinski definition) is 1. The second kappa shape index (κ2) is 5.29. The number of halogens is 2. The Morgan fingerprint density at radius 1 is 1.61 bits per heavy atom. The summed E-state index contributed by atoms with van der Waals surface area (Å²) in [6, 6.07) is 0.313. The van der Waals surface area contributed by atoms with Gasteiger partial charge in [-0.3, -0.25) is 4.79 Å². The van der Waals surface area contributed by atoms with Crippen LogP contribution in [0.2, 0.25) is 5.02 Å². The van der Waals surface area contributed by atoms with E-state index in [-0.39, 0.29) is 15.8 Å². The van der Waals surface area contributed by atoms with E-state index in [0.29, 0.717) is 8.81 Å². The molecule has 1 N–H and O–H groups in total. The van der Waals surface area contributed by atoms with Gasteiger partial charge in [0.25, 0.3) is 10.0 Å². The van der Waals surface area contributed by atoms with E-state index < -0.39 is 22.0 Å². The van der Waals surface area contributed by atoms with Crippen molar-refractivity contribution in [3.8, 4) is 0 Å². The first-order valence-corrected chi connectivity index (χ1v) is 9.19. The van der Waals surface area contributed by atoms with E-state index in [1.807, 2.05) is 0 Å². The van der Waals surface area contributed by atoms with Crippen molar-refractivity contribution in [2.75, 3.05) is 11.6 Å². The van der Waals surface area contributed by atoms with Crippen LogP contribution in [0.1, 0.15) is 0 Å². The van der Waals surface area contributed by atoms with Gasteiger partial charge < -0.3 is 5.11 Å². The Morgan fingerprint density at radius 3 is 2.78 bits per heavy atom. The summed E-state index contributed by atoms with van der Waals surface area (Å²) < 4.78 is 26.1. The zero-order chi connectivity index (χ0) is 13.5. The van der Waals surface area contributed by atoms with E-state index >= 15 is 0 Å². The van der Waals surface area contributed by atoms with Crippen LogP contribution in [0.25, 0.3) is 0 Å². The largest absolute Gasteiger partial charge is 0.480 e. The van der Waals surface area contributed by atoms with Crippen LogP contribution < -0.4 is 0 Å². The van der Waals surface area contributed by atoms with Crippen molar-refractivity contribution in [1.82, 2.24) is 4.31 Å². The molecular formula is C8H7BrClNO4S3. The van der Waals surface area contributed by atoms with Crippen molar-refractivity contribution in [1.29, 1.82) is 0 Å². The second-order valence-electron chi connectivity index (χ2n) is 3.43. The first kappa shape index (κ1) is 14.6. The molecule has 1 aliphatic rings. The van der Waals surface area contributed by atoms with E-state index in [0.717, 1.165) is 15.6 Å². The molecule has 0 aliphatic carbocycles. The van der Waals surface area contributed by atoms with E-state index in [9.17, 15) is 13.2 Å². The van der Waals surface area contributed by atoms with Crippen LogP contribution in [-0.4, -0.2) is 41.5 Å². The molecule has 1 aromatic rings. The minimum Gasteiger partial charge on any atom is -0.480 e. The van der Waals surface area contributed by atoms with Gasteiger partial charge in [-0.05, 0) is 22.0 Å². The normalized spacial score (nSPS) is 21.3.